The Morgan fingerprint density at radius 1 is 1.25 bits per heavy atom. The number of hydrogen-bond acceptors (Lipinski definition) is 3. The van der Waals surface area contributed by atoms with E-state index in [0.29, 0.717) is 23.4 Å². The summed E-state index contributed by atoms with van der Waals surface area (Å²) in [5, 5.41) is 22.5. The van der Waals surface area contributed by atoms with Crippen molar-refractivity contribution in [2.24, 2.45) is 11.8 Å². The van der Waals surface area contributed by atoms with Crippen molar-refractivity contribution in [3.8, 4) is 0 Å². The summed E-state index contributed by atoms with van der Waals surface area (Å²) < 4.78 is 13.3. The second-order valence-electron chi connectivity index (χ2n) is 7.68. The van der Waals surface area contributed by atoms with Crippen LogP contribution < -0.4 is 5.32 Å². The smallest absolute Gasteiger partial charge is 0.251 e. The number of amides is 1. The van der Waals surface area contributed by atoms with E-state index >= 15 is 0 Å². The third-order valence-electron chi connectivity index (χ3n) is 5.98. The number of fused-ring (bicyclic) bond motifs is 2. The minimum atomic E-state index is -0.997. The first-order valence-corrected chi connectivity index (χ1v) is 9.73. The van der Waals surface area contributed by atoms with Crippen molar-refractivity contribution in [3.63, 3.8) is 0 Å². The van der Waals surface area contributed by atoms with Crippen LogP contribution in [-0.4, -0.2) is 27.3 Å². The number of benzene rings is 2. The number of nitrogens with one attached hydrogen (secondary N) is 2. The highest BCUT2D eigenvalue weighted by molar-refractivity contribution is 6.31. The van der Waals surface area contributed by atoms with E-state index in [-0.39, 0.29) is 28.8 Å². The van der Waals surface area contributed by atoms with Gasteiger partial charge < -0.3 is 10.4 Å². The maximum atomic E-state index is 13.3. The summed E-state index contributed by atoms with van der Waals surface area (Å²) in [4.78, 5) is 12.4. The van der Waals surface area contributed by atoms with Crippen molar-refractivity contribution in [2.75, 3.05) is 0 Å². The van der Waals surface area contributed by atoms with Crippen LogP contribution in [0.1, 0.15) is 28.8 Å². The van der Waals surface area contributed by atoms with E-state index in [9.17, 15) is 14.3 Å². The molecule has 0 saturated heterocycles. The first-order valence-electron chi connectivity index (χ1n) is 8.97. The lowest BCUT2D eigenvalue weighted by Gasteiger charge is -2.27. The van der Waals surface area contributed by atoms with Crippen LogP contribution in [0.25, 0.3) is 10.9 Å². The van der Waals surface area contributed by atoms with Crippen molar-refractivity contribution >= 4 is 40.0 Å². The quantitative estimate of drug-likeness (QED) is 0.599. The van der Waals surface area contributed by atoms with E-state index in [2.05, 4.69) is 15.5 Å². The van der Waals surface area contributed by atoms with Gasteiger partial charge in [-0.1, -0.05) is 23.2 Å². The molecule has 1 aromatic heterocycles. The van der Waals surface area contributed by atoms with Crippen molar-refractivity contribution in [3.05, 3.63) is 63.5 Å². The molecule has 0 unspecified atom stereocenters. The van der Waals surface area contributed by atoms with E-state index in [1.165, 1.54) is 18.2 Å². The molecule has 4 atom stereocenters. The van der Waals surface area contributed by atoms with E-state index in [4.69, 9.17) is 23.2 Å². The maximum absolute atomic E-state index is 13.3. The third-order valence-corrected chi connectivity index (χ3v) is 6.49. The fourth-order valence-corrected chi connectivity index (χ4v) is 4.97. The Hall–Kier alpha value is -2.15. The van der Waals surface area contributed by atoms with Crippen LogP contribution in [0.3, 0.4) is 0 Å². The minimum Gasteiger partial charge on any atom is -0.385 e. The summed E-state index contributed by atoms with van der Waals surface area (Å²) in [5.74, 6) is -0.472. The Morgan fingerprint density at radius 3 is 2.71 bits per heavy atom. The predicted molar refractivity (Wildman–Crippen MR) is 104 cm³/mol. The number of aliphatic hydroxyl groups is 1. The molecule has 0 bridgehead atoms. The molecular formula is C20H16Cl2FN3O2. The molecule has 2 aliphatic rings. The molecule has 1 amide bonds. The van der Waals surface area contributed by atoms with E-state index in [1.807, 2.05) is 0 Å². The van der Waals surface area contributed by atoms with Gasteiger partial charge in [-0.05, 0) is 60.6 Å². The van der Waals surface area contributed by atoms with Crippen molar-refractivity contribution in [1.82, 2.24) is 15.5 Å². The molecule has 2 fully saturated rings. The molecule has 2 aliphatic carbocycles. The van der Waals surface area contributed by atoms with Crippen molar-refractivity contribution < 1.29 is 14.3 Å². The summed E-state index contributed by atoms with van der Waals surface area (Å²) in [5.41, 5.74) is 0.880. The topological polar surface area (TPSA) is 78.0 Å². The second-order valence-corrected chi connectivity index (χ2v) is 8.52. The summed E-state index contributed by atoms with van der Waals surface area (Å²) in [6.07, 6.45) is 2.77. The number of nitrogens with zero attached hydrogens (tertiary/aromatic N) is 1. The summed E-state index contributed by atoms with van der Waals surface area (Å²) in [6, 6.07) is 7.48. The third kappa shape index (κ3) is 2.79. The number of hydrogen-bond donors (Lipinski definition) is 3. The molecule has 5 nitrogen and oxygen atoms in total. The second kappa shape index (κ2) is 6.17. The molecule has 5 rings (SSSR count). The highest BCUT2D eigenvalue weighted by Crippen LogP contribution is 2.60. The van der Waals surface area contributed by atoms with Gasteiger partial charge in [-0.3, -0.25) is 9.89 Å². The lowest BCUT2D eigenvalue weighted by molar-refractivity contribution is 0.0293. The first-order chi connectivity index (χ1) is 13.4. The van der Waals surface area contributed by atoms with Gasteiger partial charge in [0.15, 0.2) is 0 Å². The van der Waals surface area contributed by atoms with Crippen molar-refractivity contribution in [2.45, 2.75) is 24.5 Å². The standard InChI is InChI=1S/C20H16Cl2FN3O2/c21-10-4-14(13-8-24-26-17(13)5-10)20(28)6-11-12(7-20)18(11)25-19(27)9-1-2-16(23)15(22)3-9/h1-5,8,11-12,18,28H,6-7H2,(H,24,26)(H,25,27)/t11-,12+,18-,20+. The molecule has 0 aliphatic heterocycles. The average molecular weight is 420 g/mol. The number of H-pyrrole nitrogens is 1. The Balaban J connectivity index is 1.32. The fraction of sp³-hybridized carbons (Fsp3) is 0.300. The molecule has 2 aromatic carbocycles. The summed E-state index contributed by atoms with van der Waals surface area (Å²) in [7, 11) is 0. The van der Waals surface area contributed by atoms with Crippen LogP contribution in [0.15, 0.2) is 36.5 Å². The van der Waals surface area contributed by atoms with Gasteiger partial charge in [0.2, 0.25) is 0 Å². The molecule has 2 saturated carbocycles. The van der Waals surface area contributed by atoms with Gasteiger partial charge in [0, 0.05) is 22.0 Å². The molecule has 3 N–H and O–H groups in total. The molecular weight excluding hydrogens is 404 g/mol. The van der Waals surface area contributed by atoms with Gasteiger partial charge in [0.05, 0.1) is 22.3 Å². The van der Waals surface area contributed by atoms with Gasteiger partial charge in [-0.2, -0.15) is 5.10 Å². The zero-order chi connectivity index (χ0) is 19.6. The van der Waals surface area contributed by atoms with E-state index in [1.54, 1.807) is 18.3 Å². The predicted octanol–water partition coefficient (Wildman–Crippen LogP) is 4.03. The average Bonchev–Trinajstić information content (AvgIpc) is 3.03. The van der Waals surface area contributed by atoms with Crippen molar-refractivity contribution in [1.29, 1.82) is 0 Å². The number of carbonyl (C=O) groups is 1. The highest BCUT2D eigenvalue weighted by Gasteiger charge is 2.62. The summed E-state index contributed by atoms with van der Waals surface area (Å²) >= 11 is 12.0. The zero-order valence-corrected chi connectivity index (χ0v) is 16.1. The Kier molecular flexibility index (Phi) is 3.95. The zero-order valence-electron chi connectivity index (χ0n) is 14.5. The SMILES string of the molecule is O=C(N[C@@H]1[C@@H]2C[C@@](O)(c3cc(Cl)cc4[nH]ncc34)C[C@@H]21)c1ccc(F)c(Cl)c1. The van der Waals surface area contributed by atoms with Gasteiger partial charge in [0.25, 0.3) is 5.91 Å². The highest BCUT2D eigenvalue weighted by atomic mass is 35.5. The minimum absolute atomic E-state index is 0.00405. The van der Waals surface area contributed by atoms with Gasteiger partial charge >= 0.3 is 0 Å². The molecule has 1 heterocycles. The maximum Gasteiger partial charge on any atom is 0.251 e. The molecule has 144 valence electrons. The lowest BCUT2D eigenvalue weighted by Crippen LogP contribution is -2.33. The Bertz CT molecular complexity index is 1100. The van der Waals surface area contributed by atoms with Crippen LogP contribution in [0.4, 0.5) is 4.39 Å². The van der Waals surface area contributed by atoms with Crippen LogP contribution >= 0.6 is 23.2 Å². The van der Waals surface area contributed by atoms with Crippen LogP contribution in [0, 0.1) is 17.7 Å². The summed E-state index contributed by atoms with van der Waals surface area (Å²) in [6.45, 7) is 0. The largest absolute Gasteiger partial charge is 0.385 e. The first kappa shape index (κ1) is 17.9. The molecule has 28 heavy (non-hydrogen) atoms. The molecule has 3 aromatic rings. The number of aromatic amines is 1. The lowest BCUT2D eigenvalue weighted by atomic mass is 9.86. The number of aromatic nitrogens is 2. The van der Waals surface area contributed by atoms with Crippen LogP contribution in [0.2, 0.25) is 10.0 Å². The number of rotatable bonds is 3. The van der Waals surface area contributed by atoms with Gasteiger partial charge in [-0.25, -0.2) is 4.39 Å². The van der Waals surface area contributed by atoms with E-state index < -0.39 is 11.4 Å². The number of halogens is 3. The monoisotopic (exact) mass is 419 g/mol. The van der Waals surface area contributed by atoms with Crippen LogP contribution in [0.5, 0.6) is 0 Å². The molecule has 0 spiro atoms. The van der Waals surface area contributed by atoms with Gasteiger partial charge in [-0.15, -0.1) is 0 Å². The molecule has 8 heteroatoms. The van der Waals surface area contributed by atoms with Gasteiger partial charge in [0.1, 0.15) is 5.82 Å². The normalized spacial score (nSPS) is 28.4. The van der Waals surface area contributed by atoms with Crippen LogP contribution in [-0.2, 0) is 5.60 Å². The van der Waals surface area contributed by atoms with E-state index in [0.717, 1.165) is 16.5 Å². The fourth-order valence-electron chi connectivity index (χ4n) is 4.57. The Labute approximate surface area is 169 Å². The number of carbonyl (C=O) groups excluding carboxylic acids is 1. The Morgan fingerprint density at radius 2 is 2.00 bits per heavy atom. The molecule has 0 radical (unpaired) electrons.